The van der Waals surface area contributed by atoms with Crippen LogP contribution in [-0.2, 0) is 4.79 Å². The van der Waals surface area contributed by atoms with Gasteiger partial charge >= 0.3 is 58.4 Å². The van der Waals surface area contributed by atoms with E-state index in [-0.39, 0.29) is 62.1 Å². The second kappa shape index (κ2) is 7.86. The number of anilines is 1. The first-order valence-electron chi connectivity index (χ1n) is 4.74. The van der Waals surface area contributed by atoms with Gasteiger partial charge in [0.2, 0.25) is 5.91 Å². The molecule has 0 bridgehead atoms. The van der Waals surface area contributed by atoms with E-state index in [4.69, 9.17) is 11.6 Å². The minimum atomic E-state index is -4.97. The summed E-state index contributed by atoms with van der Waals surface area (Å²) in [6.07, 6.45) is -1.79. The van der Waals surface area contributed by atoms with Crippen molar-refractivity contribution in [2.75, 3.05) is 5.32 Å². The molecular formula is C9H8BClF4KNO. The molecule has 0 aliphatic rings. The molecule has 0 heterocycles. The van der Waals surface area contributed by atoms with Gasteiger partial charge in [-0.3, -0.25) is 4.79 Å². The van der Waals surface area contributed by atoms with Gasteiger partial charge in [0.15, 0.2) is 0 Å². The van der Waals surface area contributed by atoms with Gasteiger partial charge in [0.25, 0.3) is 0 Å². The molecule has 0 aromatic heterocycles. The van der Waals surface area contributed by atoms with E-state index < -0.39 is 31.4 Å². The van der Waals surface area contributed by atoms with Crippen molar-refractivity contribution in [3.8, 4) is 0 Å². The summed E-state index contributed by atoms with van der Waals surface area (Å²) in [5.41, 5.74) is 0.163. The molecule has 0 unspecified atom stereocenters. The Hall–Kier alpha value is 0.401. The van der Waals surface area contributed by atoms with Gasteiger partial charge in [0.1, 0.15) is 5.82 Å². The molecule has 9 heteroatoms. The predicted molar refractivity (Wildman–Crippen MR) is 58.5 cm³/mol. The molecule has 0 radical (unpaired) electrons. The van der Waals surface area contributed by atoms with Crippen LogP contribution in [-0.4, -0.2) is 12.9 Å². The molecule has 0 spiro atoms. The van der Waals surface area contributed by atoms with Gasteiger partial charge < -0.3 is 18.3 Å². The summed E-state index contributed by atoms with van der Waals surface area (Å²) in [6.45, 7) is -4.97. The van der Waals surface area contributed by atoms with Crippen LogP contribution in [0.25, 0.3) is 0 Å². The van der Waals surface area contributed by atoms with E-state index in [2.05, 4.69) is 5.32 Å². The van der Waals surface area contributed by atoms with Crippen LogP contribution in [0.15, 0.2) is 18.2 Å². The topological polar surface area (TPSA) is 29.1 Å². The zero-order chi connectivity index (χ0) is 13.1. The largest absolute Gasteiger partial charge is 1.00 e. The van der Waals surface area contributed by atoms with Crippen molar-refractivity contribution >= 4 is 30.2 Å². The van der Waals surface area contributed by atoms with Crippen LogP contribution < -0.4 is 56.7 Å². The summed E-state index contributed by atoms with van der Waals surface area (Å²) in [7, 11) is 0. The van der Waals surface area contributed by atoms with Gasteiger partial charge in [-0.2, -0.15) is 0 Å². The quantitative estimate of drug-likeness (QED) is 0.643. The van der Waals surface area contributed by atoms with Gasteiger partial charge in [-0.1, -0.05) is 17.9 Å². The molecule has 1 rings (SSSR count). The standard InChI is InChI=1S/C9H8BClF4NO.K/c11-7-5-6(1-2-8(7)12)16-9(17)3-4-10(13,14)15;/h1-2,5H,3-4H2,(H,16,17);/q-1;+1. The monoisotopic (exact) mass is 307 g/mol. The smallest absolute Gasteiger partial charge is 0.449 e. The van der Waals surface area contributed by atoms with Crippen LogP contribution in [0.1, 0.15) is 6.42 Å². The molecule has 0 saturated carbocycles. The van der Waals surface area contributed by atoms with Crippen LogP contribution in [0.5, 0.6) is 0 Å². The number of carbonyl (C=O) groups excluding carboxylic acids is 1. The third-order valence-corrected chi connectivity index (χ3v) is 2.19. The number of amides is 1. The van der Waals surface area contributed by atoms with Crippen LogP contribution in [0, 0.1) is 5.82 Å². The Balaban J connectivity index is 0.00000289. The first-order valence-corrected chi connectivity index (χ1v) is 5.11. The van der Waals surface area contributed by atoms with Crippen LogP contribution >= 0.6 is 11.6 Å². The Morgan fingerprint density at radius 3 is 2.44 bits per heavy atom. The number of hydrogen-bond donors (Lipinski definition) is 1. The summed E-state index contributed by atoms with van der Waals surface area (Å²) < 4.78 is 48.4. The molecular weight excluding hydrogens is 299 g/mol. The van der Waals surface area contributed by atoms with Crippen molar-refractivity contribution in [2.45, 2.75) is 12.7 Å². The Labute approximate surface area is 149 Å². The van der Waals surface area contributed by atoms with Gasteiger partial charge in [0, 0.05) is 12.1 Å². The summed E-state index contributed by atoms with van der Waals surface area (Å²) in [4.78, 5) is 11.1. The fourth-order valence-electron chi connectivity index (χ4n) is 1.09. The second-order valence-electron chi connectivity index (χ2n) is 3.43. The third-order valence-electron chi connectivity index (χ3n) is 1.90. The maximum absolute atomic E-state index is 12.7. The maximum atomic E-state index is 12.7. The van der Waals surface area contributed by atoms with Gasteiger partial charge in [-0.25, -0.2) is 4.39 Å². The number of halogens is 5. The Morgan fingerprint density at radius 1 is 1.33 bits per heavy atom. The fraction of sp³-hybridized carbons (Fsp3) is 0.222. The average molecular weight is 308 g/mol. The third kappa shape index (κ3) is 7.10. The molecule has 18 heavy (non-hydrogen) atoms. The first-order chi connectivity index (χ1) is 7.78. The molecule has 0 aliphatic carbocycles. The Kier molecular flexibility index (Phi) is 8.04. The van der Waals surface area contributed by atoms with Crippen molar-refractivity contribution in [2.24, 2.45) is 0 Å². The van der Waals surface area contributed by atoms with E-state index in [0.717, 1.165) is 12.1 Å². The number of hydrogen-bond acceptors (Lipinski definition) is 1. The molecule has 1 N–H and O–H groups in total. The van der Waals surface area contributed by atoms with Crippen LogP contribution in [0.3, 0.4) is 0 Å². The van der Waals surface area contributed by atoms with Crippen LogP contribution in [0.2, 0.25) is 11.3 Å². The van der Waals surface area contributed by atoms with E-state index in [0.29, 0.717) is 0 Å². The normalized spacial score (nSPS) is 10.7. The van der Waals surface area contributed by atoms with Crippen molar-refractivity contribution in [1.29, 1.82) is 0 Å². The summed E-state index contributed by atoms with van der Waals surface area (Å²) in [5, 5.41) is 2.00. The average Bonchev–Trinajstić information content (AvgIpc) is 2.20. The van der Waals surface area contributed by atoms with E-state index in [1.165, 1.54) is 6.07 Å². The number of nitrogens with one attached hydrogen (secondary N) is 1. The number of rotatable bonds is 4. The molecule has 0 aliphatic heterocycles. The number of benzene rings is 1. The van der Waals surface area contributed by atoms with Gasteiger partial charge in [-0.05, 0) is 18.2 Å². The second-order valence-corrected chi connectivity index (χ2v) is 3.83. The molecule has 0 saturated heterocycles. The molecule has 0 fully saturated rings. The molecule has 0 atom stereocenters. The van der Waals surface area contributed by atoms with E-state index in [1.54, 1.807) is 0 Å². The van der Waals surface area contributed by atoms with Crippen molar-refractivity contribution in [3.05, 3.63) is 29.0 Å². The minimum Gasteiger partial charge on any atom is -0.449 e. The molecule has 1 aromatic rings. The van der Waals surface area contributed by atoms with Gasteiger partial charge in [0.05, 0.1) is 5.02 Å². The van der Waals surface area contributed by atoms with Crippen molar-refractivity contribution in [3.63, 3.8) is 0 Å². The van der Waals surface area contributed by atoms with E-state index >= 15 is 0 Å². The summed E-state index contributed by atoms with van der Waals surface area (Å²) in [5.74, 6) is -1.45. The van der Waals surface area contributed by atoms with Crippen molar-refractivity contribution < 1.29 is 73.5 Å². The predicted octanol–water partition coefficient (Wildman–Crippen LogP) is 0.659. The SMILES string of the molecule is O=C(CC[B-](F)(F)F)Nc1ccc(F)c(Cl)c1.[K+]. The zero-order valence-corrected chi connectivity index (χ0v) is 13.4. The maximum Gasteiger partial charge on any atom is 1.00 e. The fourth-order valence-corrected chi connectivity index (χ4v) is 1.27. The molecule has 1 aromatic carbocycles. The minimum absolute atomic E-state index is 0. The first kappa shape index (κ1) is 18.4. The Morgan fingerprint density at radius 2 is 1.94 bits per heavy atom. The van der Waals surface area contributed by atoms with E-state index in [1.807, 2.05) is 0 Å². The number of carbonyl (C=O) groups is 1. The van der Waals surface area contributed by atoms with Crippen LogP contribution in [0.4, 0.5) is 23.0 Å². The van der Waals surface area contributed by atoms with E-state index in [9.17, 15) is 22.1 Å². The molecule has 2 nitrogen and oxygen atoms in total. The van der Waals surface area contributed by atoms with Crippen molar-refractivity contribution in [1.82, 2.24) is 0 Å². The zero-order valence-electron chi connectivity index (χ0n) is 9.52. The van der Waals surface area contributed by atoms with Gasteiger partial charge in [-0.15, -0.1) is 0 Å². The molecule has 94 valence electrons. The summed E-state index contributed by atoms with van der Waals surface area (Å²) in [6, 6.07) is 3.37. The summed E-state index contributed by atoms with van der Waals surface area (Å²) >= 11 is 5.44. The Bertz CT molecular complexity index is 430. The molecule has 1 amide bonds.